The number of aromatic nitrogens is 4. The van der Waals surface area contributed by atoms with E-state index in [4.69, 9.17) is 5.73 Å². The number of rotatable bonds is 3. The Kier molecular flexibility index (Phi) is 3.12. The first kappa shape index (κ1) is 13.3. The SMILES string of the molecule is Nc1cccc(Nc2nccc(-c3ccc4nc[nH]c4c3)n2)c1. The van der Waals surface area contributed by atoms with Gasteiger partial charge in [-0.1, -0.05) is 12.1 Å². The summed E-state index contributed by atoms with van der Waals surface area (Å²) in [6.45, 7) is 0. The molecule has 0 saturated carbocycles. The van der Waals surface area contributed by atoms with Crippen molar-refractivity contribution in [3.8, 4) is 11.3 Å². The summed E-state index contributed by atoms with van der Waals surface area (Å²) in [5.74, 6) is 0.526. The second-order valence-corrected chi connectivity index (χ2v) is 5.15. The number of aromatic amines is 1. The number of nitrogens with two attached hydrogens (primary N) is 1. The first-order valence-electron chi connectivity index (χ1n) is 7.17. The van der Waals surface area contributed by atoms with E-state index in [0.717, 1.165) is 28.0 Å². The fraction of sp³-hybridized carbons (Fsp3) is 0. The Morgan fingerprint density at radius 2 is 1.96 bits per heavy atom. The zero-order valence-electron chi connectivity index (χ0n) is 12.2. The normalized spacial score (nSPS) is 10.8. The van der Waals surface area contributed by atoms with Crippen LogP contribution in [0.3, 0.4) is 0 Å². The van der Waals surface area contributed by atoms with Crippen molar-refractivity contribution in [3.05, 3.63) is 61.1 Å². The molecular weight excluding hydrogens is 288 g/mol. The van der Waals surface area contributed by atoms with Gasteiger partial charge in [-0.2, -0.15) is 0 Å². The standard InChI is InChI=1S/C17H14N6/c18-12-2-1-3-13(9-12)22-17-19-7-6-14(23-17)11-4-5-15-16(8-11)21-10-20-15/h1-10H,18H2,(H,20,21)(H,19,22,23). The van der Waals surface area contributed by atoms with E-state index < -0.39 is 0 Å². The molecule has 0 aliphatic rings. The van der Waals surface area contributed by atoms with Gasteiger partial charge in [0.25, 0.3) is 0 Å². The van der Waals surface area contributed by atoms with Gasteiger partial charge in [0.1, 0.15) is 0 Å². The lowest BCUT2D eigenvalue weighted by Gasteiger charge is -2.07. The average Bonchev–Trinajstić information content (AvgIpc) is 3.03. The molecule has 2 aromatic heterocycles. The molecule has 0 radical (unpaired) electrons. The number of anilines is 3. The molecule has 4 aromatic rings. The summed E-state index contributed by atoms with van der Waals surface area (Å²) in [6.07, 6.45) is 3.41. The van der Waals surface area contributed by atoms with Gasteiger partial charge in [-0.25, -0.2) is 15.0 Å². The van der Waals surface area contributed by atoms with Crippen molar-refractivity contribution < 1.29 is 0 Å². The molecule has 6 nitrogen and oxygen atoms in total. The monoisotopic (exact) mass is 302 g/mol. The van der Waals surface area contributed by atoms with E-state index in [1.54, 1.807) is 12.5 Å². The molecule has 0 spiro atoms. The fourth-order valence-electron chi connectivity index (χ4n) is 2.42. The van der Waals surface area contributed by atoms with Crippen LogP contribution in [0.4, 0.5) is 17.3 Å². The quantitative estimate of drug-likeness (QED) is 0.505. The van der Waals surface area contributed by atoms with Gasteiger partial charge < -0.3 is 16.0 Å². The molecule has 0 atom stereocenters. The minimum atomic E-state index is 0.526. The first-order valence-corrected chi connectivity index (χ1v) is 7.17. The molecule has 0 saturated heterocycles. The molecule has 0 amide bonds. The van der Waals surface area contributed by atoms with Gasteiger partial charge in [0.2, 0.25) is 5.95 Å². The van der Waals surface area contributed by atoms with E-state index in [1.807, 2.05) is 48.5 Å². The van der Waals surface area contributed by atoms with Crippen LogP contribution in [0.15, 0.2) is 61.1 Å². The number of nitrogens with one attached hydrogen (secondary N) is 2. The van der Waals surface area contributed by atoms with Gasteiger partial charge in [0, 0.05) is 23.1 Å². The summed E-state index contributed by atoms with van der Waals surface area (Å²) < 4.78 is 0. The van der Waals surface area contributed by atoms with Crippen LogP contribution < -0.4 is 11.1 Å². The van der Waals surface area contributed by atoms with E-state index in [2.05, 4.69) is 25.3 Å². The molecule has 4 N–H and O–H groups in total. The number of fused-ring (bicyclic) bond motifs is 1. The number of nitrogen functional groups attached to an aromatic ring is 1. The molecule has 0 fully saturated rings. The highest BCUT2D eigenvalue weighted by Crippen LogP contribution is 2.23. The van der Waals surface area contributed by atoms with Crippen molar-refractivity contribution in [2.45, 2.75) is 0 Å². The van der Waals surface area contributed by atoms with E-state index in [9.17, 15) is 0 Å². The Bertz CT molecular complexity index is 975. The molecule has 0 aliphatic heterocycles. The van der Waals surface area contributed by atoms with Gasteiger partial charge in [-0.15, -0.1) is 0 Å². The predicted octanol–water partition coefficient (Wildman–Crippen LogP) is 3.35. The third-order valence-electron chi connectivity index (χ3n) is 3.51. The van der Waals surface area contributed by atoms with Crippen molar-refractivity contribution in [1.29, 1.82) is 0 Å². The fourth-order valence-corrected chi connectivity index (χ4v) is 2.42. The van der Waals surface area contributed by atoms with Crippen molar-refractivity contribution >= 4 is 28.4 Å². The van der Waals surface area contributed by atoms with E-state index in [-0.39, 0.29) is 0 Å². The molecule has 112 valence electrons. The summed E-state index contributed by atoms with van der Waals surface area (Å²) in [5, 5.41) is 3.16. The van der Waals surface area contributed by atoms with Gasteiger partial charge in [0.05, 0.1) is 23.1 Å². The zero-order chi connectivity index (χ0) is 15.6. The van der Waals surface area contributed by atoms with Crippen LogP contribution in [-0.4, -0.2) is 19.9 Å². The second kappa shape index (κ2) is 5.42. The van der Waals surface area contributed by atoms with Crippen molar-refractivity contribution in [2.75, 3.05) is 11.1 Å². The average molecular weight is 302 g/mol. The Balaban J connectivity index is 1.67. The molecule has 4 rings (SSSR count). The van der Waals surface area contributed by atoms with E-state index >= 15 is 0 Å². The summed E-state index contributed by atoms with van der Waals surface area (Å²) in [6, 6.07) is 15.3. The van der Waals surface area contributed by atoms with Crippen LogP contribution in [0.5, 0.6) is 0 Å². The smallest absolute Gasteiger partial charge is 0.227 e. The maximum absolute atomic E-state index is 5.79. The number of hydrogen-bond acceptors (Lipinski definition) is 5. The third-order valence-corrected chi connectivity index (χ3v) is 3.51. The van der Waals surface area contributed by atoms with Gasteiger partial charge in [-0.05, 0) is 36.4 Å². The molecular formula is C17H14N6. The summed E-state index contributed by atoms with van der Waals surface area (Å²) in [4.78, 5) is 16.1. The van der Waals surface area contributed by atoms with Crippen molar-refractivity contribution in [1.82, 2.24) is 19.9 Å². The van der Waals surface area contributed by atoms with E-state index in [1.165, 1.54) is 0 Å². The lowest BCUT2D eigenvalue weighted by molar-refractivity contribution is 1.17. The topological polar surface area (TPSA) is 92.5 Å². The van der Waals surface area contributed by atoms with Crippen molar-refractivity contribution in [2.24, 2.45) is 0 Å². The number of H-pyrrole nitrogens is 1. The zero-order valence-corrected chi connectivity index (χ0v) is 12.2. The predicted molar refractivity (Wildman–Crippen MR) is 91.3 cm³/mol. The van der Waals surface area contributed by atoms with Crippen LogP contribution in [-0.2, 0) is 0 Å². The highest BCUT2D eigenvalue weighted by atomic mass is 15.1. The minimum absolute atomic E-state index is 0.526. The van der Waals surface area contributed by atoms with Crippen molar-refractivity contribution in [3.63, 3.8) is 0 Å². The Labute approximate surface area is 132 Å². The molecule has 0 unspecified atom stereocenters. The van der Waals surface area contributed by atoms with Gasteiger partial charge in [-0.3, -0.25) is 0 Å². The van der Waals surface area contributed by atoms with Crippen LogP contribution >= 0.6 is 0 Å². The van der Waals surface area contributed by atoms with Gasteiger partial charge >= 0.3 is 0 Å². The third kappa shape index (κ3) is 2.69. The molecule has 23 heavy (non-hydrogen) atoms. The Morgan fingerprint density at radius 3 is 2.87 bits per heavy atom. The highest BCUT2D eigenvalue weighted by molar-refractivity contribution is 5.80. The van der Waals surface area contributed by atoms with Crippen LogP contribution in [0.1, 0.15) is 0 Å². The highest BCUT2D eigenvalue weighted by Gasteiger charge is 2.05. The Hall–Kier alpha value is -3.41. The Morgan fingerprint density at radius 1 is 1.00 bits per heavy atom. The molecule has 0 aliphatic carbocycles. The largest absolute Gasteiger partial charge is 0.399 e. The molecule has 2 heterocycles. The number of benzene rings is 2. The number of imidazole rings is 1. The maximum atomic E-state index is 5.79. The maximum Gasteiger partial charge on any atom is 0.227 e. The first-order chi connectivity index (χ1) is 11.3. The number of nitrogens with zero attached hydrogens (tertiary/aromatic N) is 3. The van der Waals surface area contributed by atoms with Crippen LogP contribution in [0.2, 0.25) is 0 Å². The van der Waals surface area contributed by atoms with Gasteiger partial charge in [0.15, 0.2) is 0 Å². The second-order valence-electron chi connectivity index (χ2n) is 5.15. The van der Waals surface area contributed by atoms with E-state index in [0.29, 0.717) is 11.6 Å². The van der Waals surface area contributed by atoms with Crippen LogP contribution in [0, 0.1) is 0 Å². The molecule has 6 heteroatoms. The number of hydrogen-bond donors (Lipinski definition) is 3. The summed E-state index contributed by atoms with van der Waals surface area (Å²) >= 11 is 0. The molecule has 2 aromatic carbocycles. The lowest BCUT2D eigenvalue weighted by atomic mass is 10.1. The summed E-state index contributed by atoms with van der Waals surface area (Å²) in [5.41, 5.74) is 11.1. The minimum Gasteiger partial charge on any atom is -0.399 e. The lowest BCUT2D eigenvalue weighted by Crippen LogP contribution is -1.98. The molecule has 0 bridgehead atoms. The van der Waals surface area contributed by atoms with Crippen LogP contribution in [0.25, 0.3) is 22.3 Å². The summed E-state index contributed by atoms with van der Waals surface area (Å²) in [7, 11) is 0.